The summed E-state index contributed by atoms with van der Waals surface area (Å²) in [5.74, 6) is -0.945. The number of benzene rings is 2. The Hall–Kier alpha value is -3.97. The van der Waals surface area contributed by atoms with Crippen LogP contribution in [0.2, 0.25) is 0 Å². The maximum absolute atomic E-state index is 14.0. The van der Waals surface area contributed by atoms with Crippen LogP contribution in [-0.4, -0.2) is 46.9 Å². The number of hydrazine groups is 1. The number of aryl methyl sites for hydroxylation is 1. The number of nitrogens with zero attached hydrogens (tertiary/aromatic N) is 2. The molecule has 0 radical (unpaired) electrons. The van der Waals surface area contributed by atoms with Crippen molar-refractivity contribution in [3.63, 3.8) is 0 Å². The van der Waals surface area contributed by atoms with Crippen LogP contribution in [0.4, 0.5) is 4.39 Å². The van der Waals surface area contributed by atoms with E-state index in [0.717, 1.165) is 0 Å². The predicted molar refractivity (Wildman–Crippen MR) is 146 cm³/mol. The molecule has 0 saturated carbocycles. The van der Waals surface area contributed by atoms with Gasteiger partial charge in [0.05, 0.1) is 23.6 Å². The highest BCUT2D eigenvalue weighted by Gasteiger charge is 2.46. The van der Waals surface area contributed by atoms with E-state index in [4.69, 9.17) is 4.74 Å². The number of hydrogen-bond donors (Lipinski definition) is 3. The molecule has 0 aliphatic carbocycles. The summed E-state index contributed by atoms with van der Waals surface area (Å²) >= 11 is 0. The Morgan fingerprint density at radius 3 is 2.65 bits per heavy atom. The first kappa shape index (κ1) is 29.0. The summed E-state index contributed by atoms with van der Waals surface area (Å²) in [5.41, 5.74) is 6.29. The predicted octanol–water partition coefficient (Wildman–Crippen LogP) is 3.69. The highest BCUT2D eigenvalue weighted by atomic mass is 19.1. The van der Waals surface area contributed by atoms with Crippen LogP contribution in [0.3, 0.4) is 0 Å². The molecule has 2 saturated heterocycles. The number of amides is 3. The molecule has 4 rings (SSSR count). The van der Waals surface area contributed by atoms with Crippen molar-refractivity contribution in [3.8, 4) is 11.8 Å². The zero-order valence-electron chi connectivity index (χ0n) is 23.5. The lowest BCUT2D eigenvalue weighted by Gasteiger charge is -2.38. The van der Waals surface area contributed by atoms with Gasteiger partial charge in [0.2, 0.25) is 5.91 Å². The summed E-state index contributed by atoms with van der Waals surface area (Å²) in [7, 11) is 0. The van der Waals surface area contributed by atoms with Crippen molar-refractivity contribution in [3.05, 3.63) is 65.0 Å². The standard InChI is InChI=1S/C30H36FN5O4/c1-17-13-21(9-11-24(17)40-25-14-18(2)34-35-28(25)38)27(37)33-19(3)29(39)36-23(20-7-6-8-22(31)15-20)10-12-26(36)30(4,5)16-32/h6-9,11,13,15,18-19,23,25-26,34H,10,12,14H2,1-5H3,(H,33,37)(H,35,38)/t18?,19-,23+,25?,26-/m1/s1. The molecule has 10 heteroatoms. The molecule has 0 spiro atoms. The number of hydrogen-bond acceptors (Lipinski definition) is 6. The molecule has 0 aromatic heterocycles. The molecule has 3 N–H and O–H groups in total. The maximum Gasteiger partial charge on any atom is 0.275 e. The van der Waals surface area contributed by atoms with Gasteiger partial charge in [-0.25, -0.2) is 9.82 Å². The van der Waals surface area contributed by atoms with Crippen LogP contribution in [0.25, 0.3) is 0 Å². The third kappa shape index (κ3) is 6.10. The number of carbonyl (C=O) groups excluding carboxylic acids is 3. The lowest BCUT2D eigenvalue weighted by Crippen LogP contribution is -2.56. The molecule has 2 aromatic carbocycles. The van der Waals surface area contributed by atoms with Crippen molar-refractivity contribution >= 4 is 17.7 Å². The Labute approximate surface area is 234 Å². The van der Waals surface area contributed by atoms with E-state index in [1.54, 1.807) is 62.9 Å². The minimum atomic E-state index is -0.894. The Morgan fingerprint density at radius 1 is 1.23 bits per heavy atom. The van der Waals surface area contributed by atoms with E-state index >= 15 is 0 Å². The monoisotopic (exact) mass is 549 g/mol. The zero-order valence-corrected chi connectivity index (χ0v) is 23.5. The minimum Gasteiger partial charge on any atom is -0.480 e. The molecule has 2 unspecified atom stereocenters. The average Bonchev–Trinajstić information content (AvgIpc) is 3.37. The molecule has 3 amide bonds. The normalized spacial score (nSPS) is 23.6. The molecule has 2 heterocycles. The molecule has 9 nitrogen and oxygen atoms in total. The lowest BCUT2D eigenvalue weighted by atomic mass is 9.84. The van der Waals surface area contributed by atoms with E-state index in [9.17, 15) is 24.0 Å². The Morgan fingerprint density at radius 2 is 1.98 bits per heavy atom. The average molecular weight is 550 g/mol. The van der Waals surface area contributed by atoms with Crippen LogP contribution in [-0.2, 0) is 9.59 Å². The van der Waals surface area contributed by atoms with E-state index in [-0.39, 0.29) is 17.9 Å². The van der Waals surface area contributed by atoms with E-state index in [2.05, 4.69) is 22.2 Å². The Balaban J connectivity index is 1.50. The fourth-order valence-corrected chi connectivity index (χ4v) is 5.45. The maximum atomic E-state index is 14.0. The van der Waals surface area contributed by atoms with E-state index in [1.807, 2.05) is 6.92 Å². The van der Waals surface area contributed by atoms with Gasteiger partial charge in [-0.3, -0.25) is 19.8 Å². The van der Waals surface area contributed by atoms with Crippen molar-refractivity contribution in [1.82, 2.24) is 21.1 Å². The molecular formula is C30H36FN5O4. The third-order valence-electron chi connectivity index (χ3n) is 7.72. The second kappa shape index (κ2) is 11.6. The quantitative estimate of drug-likeness (QED) is 0.484. The number of halogens is 1. The molecule has 0 bridgehead atoms. The fourth-order valence-electron chi connectivity index (χ4n) is 5.45. The first-order chi connectivity index (χ1) is 18.9. The molecule has 5 atom stereocenters. The highest BCUT2D eigenvalue weighted by molar-refractivity contribution is 5.98. The number of nitriles is 1. The number of rotatable bonds is 7. The van der Waals surface area contributed by atoms with Crippen LogP contribution in [0, 0.1) is 29.5 Å². The van der Waals surface area contributed by atoms with Crippen LogP contribution >= 0.6 is 0 Å². The fraction of sp³-hybridized carbons (Fsp3) is 0.467. The summed E-state index contributed by atoms with van der Waals surface area (Å²) in [6, 6.07) is 11.7. The molecule has 2 aliphatic rings. The Kier molecular flexibility index (Phi) is 8.45. The van der Waals surface area contributed by atoms with Gasteiger partial charge in [-0.15, -0.1) is 0 Å². The van der Waals surface area contributed by atoms with Gasteiger partial charge in [-0.1, -0.05) is 12.1 Å². The number of nitrogens with one attached hydrogen (secondary N) is 3. The van der Waals surface area contributed by atoms with E-state index < -0.39 is 41.4 Å². The van der Waals surface area contributed by atoms with Gasteiger partial charge in [0, 0.05) is 18.0 Å². The molecule has 212 valence electrons. The third-order valence-corrected chi connectivity index (χ3v) is 7.72. The number of carbonyl (C=O) groups is 3. The van der Waals surface area contributed by atoms with Gasteiger partial charge in [0.15, 0.2) is 6.10 Å². The highest BCUT2D eigenvalue weighted by Crippen LogP contribution is 2.43. The Bertz CT molecular complexity index is 1340. The van der Waals surface area contributed by atoms with Gasteiger partial charge in [0.25, 0.3) is 11.8 Å². The molecule has 2 aromatic rings. The molecule has 2 aliphatic heterocycles. The van der Waals surface area contributed by atoms with Gasteiger partial charge < -0.3 is 15.0 Å². The first-order valence-corrected chi connectivity index (χ1v) is 13.5. The summed E-state index contributed by atoms with van der Waals surface area (Å²) < 4.78 is 20.0. The van der Waals surface area contributed by atoms with Crippen LogP contribution < -0.4 is 20.9 Å². The van der Waals surface area contributed by atoms with Crippen molar-refractivity contribution in [2.45, 2.75) is 84.2 Å². The van der Waals surface area contributed by atoms with Crippen molar-refractivity contribution in [2.75, 3.05) is 0 Å². The topological polar surface area (TPSA) is 124 Å². The smallest absolute Gasteiger partial charge is 0.275 e. The van der Waals surface area contributed by atoms with Crippen LogP contribution in [0.15, 0.2) is 42.5 Å². The van der Waals surface area contributed by atoms with Crippen molar-refractivity contribution in [2.24, 2.45) is 5.41 Å². The molecule has 40 heavy (non-hydrogen) atoms. The molecule has 2 fully saturated rings. The van der Waals surface area contributed by atoms with Crippen LogP contribution in [0.1, 0.15) is 74.5 Å². The van der Waals surface area contributed by atoms with Gasteiger partial charge in [-0.05, 0) is 88.9 Å². The SMILES string of the molecule is Cc1cc(C(=O)N[C@H](C)C(=O)N2[C@H](c3cccc(F)c3)CC[C@@H]2C(C)(C)C#N)ccc1OC1CC(C)NNC1=O. The van der Waals surface area contributed by atoms with Gasteiger partial charge in [0.1, 0.15) is 17.6 Å². The van der Waals surface area contributed by atoms with Crippen molar-refractivity contribution < 1.29 is 23.5 Å². The summed E-state index contributed by atoms with van der Waals surface area (Å²) in [6.45, 7) is 8.90. The summed E-state index contributed by atoms with van der Waals surface area (Å²) in [6.07, 6.45) is 1.02. The van der Waals surface area contributed by atoms with Crippen LogP contribution in [0.5, 0.6) is 5.75 Å². The zero-order chi connectivity index (χ0) is 29.2. The lowest BCUT2D eigenvalue weighted by molar-refractivity contribution is -0.137. The second-order valence-electron chi connectivity index (χ2n) is 11.3. The van der Waals surface area contributed by atoms with Gasteiger partial charge >= 0.3 is 0 Å². The number of likely N-dealkylation sites (tertiary alicyclic amines) is 1. The summed E-state index contributed by atoms with van der Waals surface area (Å²) in [4.78, 5) is 40.7. The second-order valence-corrected chi connectivity index (χ2v) is 11.3. The minimum absolute atomic E-state index is 0.0570. The largest absolute Gasteiger partial charge is 0.480 e. The van der Waals surface area contributed by atoms with E-state index in [1.165, 1.54) is 12.1 Å². The first-order valence-electron chi connectivity index (χ1n) is 13.5. The van der Waals surface area contributed by atoms with Gasteiger partial charge in [-0.2, -0.15) is 5.26 Å². The number of ether oxygens (including phenoxy) is 1. The van der Waals surface area contributed by atoms with Crippen molar-refractivity contribution in [1.29, 1.82) is 5.26 Å². The molecular weight excluding hydrogens is 513 g/mol. The summed E-state index contributed by atoms with van der Waals surface area (Å²) in [5, 5.41) is 12.6. The van der Waals surface area contributed by atoms with E-state index in [0.29, 0.717) is 41.7 Å².